The van der Waals surface area contributed by atoms with Gasteiger partial charge in [-0.25, -0.2) is 0 Å². The summed E-state index contributed by atoms with van der Waals surface area (Å²) in [5, 5.41) is 9.25. The molecule has 0 spiro atoms. The maximum absolute atomic E-state index is 8.69. The monoisotopic (exact) mass is 190 g/mol. The second-order valence-corrected chi connectivity index (χ2v) is 3.16. The fourth-order valence-electron chi connectivity index (χ4n) is 1.03. The summed E-state index contributed by atoms with van der Waals surface area (Å²) in [6.45, 7) is 7.49. The van der Waals surface area contributed by atoms with E-state index in [2.05, 4.69) is 13.5 Å². The van der Waals surface area contributed by atoms with Crippen LogP contribution < -0.4 is 0 Å². The number of hydrogen-bond acceptors (Lipinski definition) is 1. The topological polar surface area (TPSA) is 23.8 Å². The van der Waals surface area contributed by atoms with Crippen LogP contribution in [0, 0.1) is 18.3 Å². The van der Waals surface area contributed by atoms with Crippen LogP contribution in [0.3, 0.4) is 0 Å². The Labute approximate surface area is 83.3 Å². The van der Waals surface area contributed by atoms with Gasteiger partial charge in [-0.15, -0.1) is 6.58 Å². The predicted molar refractivity (Wildman–Crippen MR) is 54.5 cm³/mol. The number of benzene rings is 1. The summed E-state index contributed by atoms with van der Waals surface area (Å²) in [5.41, 5.74) is 1.47. The van der Waals surface area contributed by atoms with Gasteiger partial charge in [0.25, 0.3) is 0 Å². The lowest BCUT2D eigenvalue weighted by Gasteiger charge is -2.06. The Hall–Kier alpha value is -1.26. The van der Waals surface area contributed by atoms with Gasteiger partial charge in [0, 0.05) is 10.9 Å². The lowest BCUT2D eigenvalue weighted by Crippen LogP contribution is -1.90. The van der Waals surface area contributed by atoms with Crippen LogP contribution in [0.15, 0.2) is 30.9 Å². The van der Waals surface area contributed by atoms with E-state index in [1.807, 2.05) is 6.07 Å². The third-order valence-electron chi connectivity index (χ3n) is 1.76. The molecule has 1 atom stereocenters. The van der Waals surface area contributed by atoms with Gasteiger partial charge in [-0.3, -0.25) is 0 Å². The Morgan fingerprint density at radius 3 is 2.69 bits per heavy atom. The molecule has 0 amide bonds. The van der Waals surface area contributed by atoms with E-state index >= 15 is 0 Å². The van der Waals surface area contributed by atoms with E-state index < -0.39 is 0 Å². The van der Waals surface area contributed by atoms with Crippen LogP contribution in [-0.4, -0.2) is 0 Å². The summed E-state index contributed by atoms with van der Waals surface area (Å²) in [6.07, 6.45) is 1.72. The van der Waals surface area contributed by atoms with E-state index in [0.29, 0.717) is 10.6 Å². The van der Waals surface area contributed by atoms with Crippen LogP contribution in [0.4, 0.5) is 0 Å². The van der Waals surface area contributed by atoms with E-state index in [1.54, 1.807) is 24.3 Å². The van der Waals surface area contributed by atoms with Gasteiger partial charge in [0.15, 0.2) is 0 Å². The molecule has 0 saturated heterocycles. The standard InChI is InChI=1S/C11H9ClN/c1-3-8(2)10-4-9(7-13)5-11(12)6-10/h3-6,8H,1-2H2. The molecule has 0 aromatic heterocycles. The summed E-state index contributed by atoms with van der Waals surface area (Å²) in [5.74, 6) is -0.0224. The molecule has 0 bridgehead atoms. The molecule has 1 aromatic carbocycles. The van der Waals surface area contributed by atoms with Crippen LogP contribution >= 0.6 is 11.6 Å². The maximum atomic E-state index is 8.69. The molecular weight excluding hydrogens is 182 g/mol. The van der Waals surface area contributed by atoms with Crippen LogP contribution in [0.1, 0.15) is 17.0 Å². The zero-order valence-corrected chi connectivity index (χ0v) is 7.88. The summed E-state index contributed by atoms with van der Waals surface area (Å²) < 4.78 is 0. The van der Waals surface area contributed by atoms with Crippen molar-refractivity contribution >= 4 is 11.6 Å². The molecule has 1 radical (unpaired) electrons. The highest BCUT2D eigenvalue weighted by molar-refractivity contribution is 6.30. The van der Waals surface area contributed by atoms with Crippen molar-refractivity contribution in [2.45, 2.75) is 5.92 Å². The van der Waals surface area contributed by atoms with Gasteiger partial charge in [0.1, 0.15) is 0 Å². The largest absolute Gasteiger partial charge is 0.192 e. The number of rotatable bonds is 2. The van der Waals surface area contributed by atoms with Crippen molar-refractivity contribution in [3.05, 3.63) is 53.9 Å². The lowest BCUT2D eigenvalue weighted by molar-refractivity contribution is 1.08. The third kappa shape index (κ3) is 2.34. The Balaban J connectivity index is 3.17. The Morgan fingerprint density at radius 1 is 1.46 bits per heavy atom. The molecule has 0 fully saturated rings. The van der Waals surface area contributed by atoms with Gasteiger partial charge in [0.2, 0.25) is 0 Å². The number of halogens is 1. The van der Waals surface area contributed by atoms with Crippen molar-refractivity contribution in [1.82, 2.24) is 0 Å². The molecular formula is C11H9ClN. The Bertz CT molecular complexity index is 363. The first-order valence-electron chi connectivity index (χ1n) is 3.83. The lowest BCUT2D eigenvalue weighted by atomic mass is 10.00. The summed E-state index contributed by atoms with van der Waals surface area (Å²) in [7, 11) is 0. The number of nitriles is 1. The van der Waals surface area contributed by atoms with E-state index in [4.69, 9.17) is 16.9 Å². The second kappa shape index (κ2) is 4.11. The van der Waals surface area contributed by atoms with Gasteiger partial charge in [0.05, 0.1) is 11.6 Å². The zero-order chi connectivity index (χ0) is 9.84. The summed E-state index contributed by atoms with van der Waals surface area (Å²) in [4.78, 5) is 0. The summed E-state index contributed by atoms with van der Waals surface area (Å²) >= 11 is 5.82. The fraction of sp³-hybridized carbons (Fsp3) is 0.0909. The van der Waals surface area contributed by atoms with Crippen molar-refractivity contribution in [3.63, 3.8) is 0 Å². The molecule has 0 saturated carbocycles. The predicted octanol–water partition coefficient (Wildman–Crippen LogP) is 3.32. The average molecular weight is 191 g/mol. The average Bonchev–Trinajstić information content (AvgIpc) is 2.15. The van der Waals surface area contributed by atoms with E-state index in [0.717, 1.165) is 5.56 Å². The molecule has 1 unspecified atom stereocenters. The van der Waals surface area contributed by atoms with Crippen LogP contribution in [0.2, 0.25) is 5.02 Å². The molecule has 1 nitrogen and oxygen atoms in total. The van der Waals surface area contributed by atoms with E-state index in [1.165, 1.54) is 0 Å². The van der Waals surface area contributed by atoms with E-state index in [-0.39, 0.29) is 5.92 Å². The Kier molecular flexibility index (Phi) is 3.11. The molecule has 0 aliphatic rings. The highest BCUT2D eigenvalue weighted by Gasteiger charge is 2.03. The minimum absolute atomic E-state index is 0.0224. The first-order valence-corrected chi connectivity index (χ1v) is 4.21. The molecule has 2 heteroatoms. The van der Waals surface area contributed by atoms with Gasteiger partial charge in [-0.1, -0.05) is 17.7 Å². The van der Waals surface area contributed by atoms with Crippen LogP contribution in [0.5, 0.6) is 0 Å². The zero-order valence-electron chi connectivity index (χ0n) is 7.13. The molecule has 1 aromatic rings. The highest BCUT2D eigenvalue weighted by Crippen LogP contribution is 2.21. The molecule has 0 aliphatic heterocycles. The van der Waals surface area contributed by atoms with E-state index in [9.17, 15) is 0 Å². The second-order valence-electron chi connectivity index (χ2n) is 2.73. The molecule has 0 heterocycles. The molecule has 13 heavy (non-hydrogen) atoms. The maximum Gasteiger partial charge on any atom is 0.0992 e. The fourth-order valence-corrected chi connectivity index (χ4v) is 1.27. The van der Waals surface area contributed by atoms with Gasteiger partial charge in [-0.2, -0.15) is 5.26 Å². The van der Waals surface area contributed by atoms with Crippen molar-refractivity contribution in [1.29, 1.82) is 5.26 Å². The smallest absolute Gasteiger partial charge is 0.0992 e. The van der Waals surface area contributed by atoms with Crippen molar-refractivity contribution in [3.8, 4) is 6.07 Å². The van der Waals surface area contributed by atoms with Crippen molar-refractivity contribution in [2.24, 2.45) is 0 Å². The molecule has 65 valence electrons. The van der Waals surface area contributed by atoms with Crippen molar-refractivity contribution in [2.75, 3.05) is 0 Å². The van der Waals surface area contributed by atoms with Gasteiger partial charge in [-0.05, 0) is 30.7 Å². The third-order valence-corrected chi connectivity index (χ3v) is 1.98. The SMILES string of the molecule is [CH2]C(C=C)c1cc(Cl)cc(C#N)c1. The minimum atomic E-state index is -0.0224. The quantitative estimate of drug-likeness (QED) is 0.657. The Morgan fingerprint density at radius 2 is 2.15 bits per heavy atom. The number of hydrogen-bond donors (Lipinski definition) is 0. The first kappa shape index (κ1) is 9.83. The van der Waals surface area contributed by atoms with Crippen LogP contribution in [-0.2, 0) is 0 Å². The summed E-state index contributed by atoms with van der Waals surface area (Å²) in [6, 6.07) is 7.23. The van der Waals surface area contributed by atoms with Gasteiger partial charge >= 0.3 is 0 Å². The number of nitrogens with zero attached hydrogens (tertiary/aromatic N) is 1. The normalized spacial score (nSPS) is 11.8. The highest BCUT2D eigenvalue weighted by atomic mass is 35.5. The van der Waals surface area contributed by atoms with Crippen molar-refractivity contribution < 1.29 is 0 Å². The minimum Gasteiger partial charge on any atom is -0.192 e. The molecule has 0 N–H and O–H groups in total. The number of allylic oxidation sites excluding steroid dienone is 1. The first-order chi connectivity index (χ1) is 6.17. The molecule has 0 aliphatic carbocycles. The van der Waals surface area contributed by atoms with Crippen LogP contribution in [0.25, 0.3) is 0 Å². The molecule has 1 rings (SSSR count). The van der Waals surface area contributed by atoms with Gasteiger partial charge < -0.3 is 0 Å².